The fourth-order valence-electron chi connectivity index (χ4n) is 2.72. The van der Waals surface area contributed by atoms with E-state index in [0.717, 1.165) is 33.2 Å². The zero-order valence-corrected chi connectivity index (χ0v) is 12.9. The number of benzene rings is 3. The van der Waals surface area contributed by atoms with Crippen LogP contribution in [0.25, 0.3) is 28.0 Å². The van der Waals surface area contributed by atoms with Crippen molar-refractivity contribution in [3.05, 3.63) is 84.4 Å². The molecule has 3 heteroatoms. The molecule has 4 rings (SSSR count). The third-order valence-electron chi connectivity index (χ3n) is 3.87. The highest BCUT2D eigenvalue weighted by molar-refractivity contribution is 6.08. The summed E-state index contributed by atoms with van der Waals surface area (Å²) >= 11 is 0. The summed E-state index contributed by atoms with van der Waals surface area (Å²) in [6, 6.07) is 23.3. The van der Waals surface area contributed by atoms with Crippen LogP contribution in [0.2, 0.25) is 0 Å². The minimum absolute atomic E-state index is 0.161. The number of fused-ring (bicyclic) bond motifs is 3. The van der Waals surface area contributed by atoms with Crippen molar-refractivity contribution in [1.29, 1.82) is 0 Å². The summed E-state index contributed by atoms with van der Waals surface area (Å²) in [7, 11) is 0. The van der Waals surface area contributed by atoms with Crippen molar-refractivity contribution in [2.45, 2.75) is 0 Å². The van der Waals surface area contributed by atoms with E-state index in [-0.39, 0.29) is 5.91 Å². The van der Waals surface area contributed by atoms with E-state index in [1.54, 1.807) is 6.08 Å². The quantitative estimate of drug-likeness (QED) is 0.526. The predicted octanol–water partition coefficient (Wildman–Crippen LogP) is 5.24. The van der Waals surface area contributed by atoms with E-state index in [9.17, 15) is 4.79 Å². The van der Waals surface area contributed by atoms with E-state index in [1.807, 2.05) is 72.8 Å². The lowest BCUT2D eigenvalue weighted by Crippen LogP contribution is -2.07. The minimum atomic E-state index is -0.161. The number of furan rings is 1. The standard InChI is InChI=1S/C21H15NO2/c23-21(13-10-15-6-2-1-3-7-15)22-16-11-12-20-18(14-16)17-8-4-5-9-19(17)24-20/h1-14H,(H,22,23)/b13-10+. The molecule has 116 valence electrons. The highest BCUT2D eigenvalue weighted by Crippen LogP contribution is 2.30. The fourth-order valence-corrected chi connectivity index (χ4v) is 2.72. The topological polar surface area (TPSA) is 42.2 Å². The lowest BCUT2D eigenvalue weighted by atomic mass is 10.1. The molecule has 4 aromatic rings. The molecular weight excluding hydrogens is 298 g/mol. The van der Waals surface area contributed by atoms with Crippen molar-refractivity contribution >= 4 is 39.6 Å². The highest BCUT2D eigenvalue weighted by atomic mass is 16.3. The molecule has 0 saturated heterocycles. The maximum absolute atomic E-state index is 12.1. The van der Waals surface area contributed by atoms with E-state index in [4.69, 9.17) is 4.42 Å². The van der Waals surface area contributed by atoms with E-state index >= 15 is 0 Å². The van der Waals surface area contributed by atoms with Crippen molar-refractivity contribution in [3.8, 4) is 0 Å². The van der Waals surface area contributed by atoms with Gasteiger partial charge in [-0.3, -0.25) is 4.79 Å². The van der Waals surface area contributed by atoms with Crippen molar-refractivity contribution in [2.75, 3.05) is 5.32 Å². The Labute approximate surface area is 139 Å². The van der Waals surface area contributed by atoms with Gasteiger partial charge in [0, 0.05) is 22.5 Å². The molecule has 1 aromatic heterocycles. The largest absolute Gasteiger partial charge is 0.456 e. The first-order valence-corrected chi connectivity index (χ1v) is 7.75. The number of para-hydroxylation sites is 1. The molecule has 0 aliphatic rings. The molecule has 0 atom stereocenters. The van der Waals surface area contributed by atoms with Crippen molar-refractivity contribution in [2.24, 2.45) is 0 Å². The monoisotopic (exact) mass is 313 g/mol. The number of hydrogen-bond donors (Lipinski definition) is 1. The van der Waals surface area contributed by atoms with Crippen LogP contribution < -0.4 is 5.32 Å². The smallest absolute Gasteiger partial charge is 0.248 e. The molecule has 1 heterocycles. The van der Waals surface area contributed by atoms with Crippen LogP contribution >= 0.6 is 0 Å². The molecule has 24 heavy (non-hydrogen) atoms. The summed E-state index contributed by atoms with van der Waals surface area (Å²) in [6.45, 7) is 0. The van der Waals surface area contributed by atoms with Gasteiger partial charge in [-0.15, -0.1) is 0 Å². The lowest BCUT2D eigenvalue weighted by Gasteiger charge is -2.02. The molecular formula is C21H15NO2. The van der Waals surface area contributed by atoms with Crippen LogP contribution in [0.3, 0.4) is 0 Å². The van der Waals surface area contributed by atoms with E-state index < -0.39 is 0 Å². The molecule has 0 fully saturated rings. The first-order chi connectivity index (χ1) is 11.8. The average molecular weight is 313 g/mol. The normalized spacial score (nSPS) is 11.3. The maximum atomic E-state index is 12.1. The van der Waals surface area contributed by atoms with Gasteiger partial charge in [0.15, 0.2) is 0 Å². The molecule has 1 N–H and O–H groups in total. The molecule has 3 aromatic carbocycles. The van der Waals surface area contributed by atoms with Crippen LogP contribution in [-0.2, 0) is 4.79 Å². The highest BCUT2D eigenvalue weighted by Gasteiger charge is 2.07. The molecule has 0 unspecified atom stereocenters. The van der Waals surface area contributed by atoms with E-state index in [1.165, 1.54) is 6.08 Å². The Kier molecular flexibility index (Phi) is 3.60. The minimum Gasteiger partial charge on any atom is -0.456 e. The third kappa shape index (κ3) is 2.79. The second-order valence-corrected chi connectivity index (χ2v) is 5.54. The first kappa shape index (κ1) is 14.3. The van der Waals surface area contributed by atoms with Gasteiger partial charge >= 0.3 is 0 Å². The van der Waals surface area contributed by atoms with Gasteiger partial charge in [-0.05, 0) is 35.9 Å². The molecule has 0 aliphatic carbocycles. The Balaban J connectivity index is 1.59. The van der Waals surface area contributed by atoms with Gasteiger partial charge in [0.05, 0.1) is 0 Å². The average Bonchev–Trinajstić information content (AvgIpc) is 2.99. The van der Waals surface area contributed by atoms with Gasteiger partial charge in [0.1, 0.15) is 11.2 Å². The lowest BCUT2D eigenvalue weighted by molar-refractivity contribution is -0.111. The Hall–Kier alpha value is -3.33. The SMILES string of the molecule is O=C(/C=C/c1ccccc1)Nc1ccc2oc3ccccc3c2c1. The molecule has 3 nitrogen and oxygen atoms in total. The van der Waals surface area contributed by atoms with E-state index in [0.29, 0.717) is 0 Å². The van der Waals surface area contributed by atoms with Crippen LogP contribution in [0.4, 0.5) is 5.69 Å². The summed E-state index contributed by atoms with van der Waals surface area (Å²) in [5.41, 5.74) is 3.40. The van der Waals surface area contributed by atoms with Gasteiger partial charge in [0.2, 0.25) is 5.91 Å². The molecule has 0 spiro atoms. The number of hydrogen-bond acceptors (Lipinski definition) is 2. The molecule has 1 amide bonds. The van der Waals surface area contributed by atoms with Gasteiger partial charge < -0.3 is 9.73 Å². The van der Waals surface area contributed by atoms with Gasteiger partial charge in [-0.2, -0.15) is 0 Å². The second-order valence-electron chi connectivity index (χ2n) is 5.54. The summed E-state index contributed by atoms with van der Waals surface area (Å²) in [5.74, 6) is -0.161. The number of anilines is 1. The van der Waals surface area contributed by atoms with Crippen LogP contribution in [0, 0.1) is 0 Å². The van der Waals surface area contributed by atoms with Gasteiger partial charge in [-0.1, -0.05) is 48.5 Å². The molecule has 0 aliphatic heterocycles. The Morgan fingerprint density at radius 2 is 1.58 bits per heavy atom. The Morgan fingerprint density at radius 1 is 0.833 bits per heavy atom. The summed E-state index contributed by atoms with van der Waals surface area (Å²) in [6.07, 6.45) is 3.33. The van der Waals surface area contributed by atoms with Crippen molar-refractivity contribution in [3.63, 3.8) is 0 Å². The zero-order chi connectivity index (χ0) is 16.4. The maximum Gasteiger partial charge on any atom is 0.248 e. The number of carbonyl (C=O) groups is 1. The van der Waals surface area contributed by atoms with E-state index in [2.05, 4.69) is 5.32 Å². The van der Waals surface area contributed by atoms with Crippen LogP contribution in [0.1, 0.15) is 5.56 Å². The number of nitrogens with one attached hydrogen (secondary N) is 1. The Morgan fingerprint density at radius 3 is 2.46 bits per heavy atom. The summed E-state index contributed by atoms with van der Waals surface area (Å²) in [4.78, 5) is 12.1. The fraction of sp³-hybridized carbons (Fsp3) is 0. The second kappa shape index (κ2) is 6.05. The van der Waals surface area contributed by atoms with Gasteiger partial charge in [0.25, 0.3) is 0 Å². The zero-order valence-electron chi connectivity index (χ0n) is 12.9. The first-order valence-electron chi connectivity index (χ1n) is 7.75. The predicted molar refractivity (Wildman–Crippen MR) is 97.8 cm³/mol. The van der Waals surface area contributed by atoms with Crippen LogP contribution in [0.15, 0.2) is 83.3 Å². The molecule has 0 bridgehead atoms. The summed E-state index contributed by atoms with van der Waals surface area (Å²) in [5, 5.41) is 4.93. The van der Waals surface area contributed by atoms with Crippen molar-refractivity contribution < 1.29 is 9.21 Å². The number of carbonyl (C=O) groups excluding carboxylic acids is 1. The third-order valence-corrected chi connectivity index (χ3v) is 3.87. The van der Waals surface area contributed by atoms with Crippen LogP contribution in [0.5, 0.6) is 0 Å². The molecule has 0 radical (unpaired) electrons. The summed E-state index contributed by atoms with van der Waals surface area (Å²) < 4.78 is 5.79. The van der Waals surface area contributed by atoms with Gasteiger partial charge in [-0.25, -0.2) is 0 Å². The number of rotatable bonds is 3. The molecule has 0 saturated carbocycles. The van der Waals surface area contributed by atoms with Crippen LogP contribution in [-0.4, -0.2) is 5.91 Å². The Bertz CT molecular complexity index is 1050. The number of amides is 1. The van der Waals surface area contributed by atoms with Crippen molar-refractivity contribution in [1.82, 2.24) is 0 Å².